The fourth-order valence-electron chi connectivity index (χ4n) is 6.95. The zero-order chi connectivity index (χ0) is 43.7. The quantitative estimate of drug-likeness (QED) is 0.204. The second kappa shape index (κ2) is 15.8. The minimum atomic E-state index is -4.33. The molecule has 18 nitrogen and oxygen atoms in total. The van der Waals surface area contributed by atoms with Gasteiger partial charge in [-0.1, -0.05) is 41.5 Å². The van der Waals surface area contributed by atoms with Gasteiger partial charge in [-0.25, -0.2) is 13.8 Å². The smallest absolute Gasteiger partial charge is 0.333 e. The van der Waals surface area contributed by atoms with Crippen molar-refractivity contribution in [3.63, 3.8) is 0 Å². The Labute approximate surface area is 340 Å². The molecule has 4 N–H and O–H groups in total. The summed E-state index contributed by atoms with van der Waals surface area (Å²) in [6.07, 6.45) is -3.97. The molecule has 3 aliphatic rings. The molecule has 2 aromatic heterocycles. The average molecular weight is 872 g/mol. The van der Waals surface area contributed by atoms with Crippen LogP contribution in [0.25, 0.3) is 0 Å². The van der Waals surface area contributed by atoms with E-state index in [2.05, 4.69) is 20.8 Å². The lowest BCUT2D eigenvalue weighted by molar-refractivity contribution is -0.0567. The van der Waals surface area contributed by atoms with Gasteiger partial charge in [-0.2, -0.15) is 8.42 Å². The summed E-state index contributed by atoms with van der Waals surface area (Å²) in [6.45, 7) is 22.2. The van der Waals surface area contributed by atoms with Crippen molar-refractivity contribution in [3.05, 3.63) is 76.3 Å². The van der Waals surface area contributed by atoms with Crippen LogP contribution in [0.1, 0.15) is 78.0 Å². The number of aliphatic hydroxyl groups is 2. The summed E-state index contributed by atoms with van der Waals surface area (Å²) in [6, 6.07) is 0. The summed E-state index contributed by atoms with van der Waals surface area (Å²) in [5.41, 5.74) is 2.15. The minimum Gasteiger partial charge on any atom is -0.414 e. The summed E-state index contributed by atoms with van der Waals surface area (Å²) in [7, 11) is -9.65. The van der Waals surface area contributed by atoms with E-state index in [0.29, 0.717) is 0 Å². The molecule has 0 aromatic carbocycles. The first-order valence-corrected chi connectivity index (χ1v) is 26.8. The Hall–Kier alpha value is -3.00. The lowest BCUT2D eigenvalue weighted by Gasteiger charge is -2.43. The Balaban J connectivity index is 1.57. The average Bonchev–Trinajstić information content (AvgIpc) is 3.70. The summed E-state index contributed by atoms with van der Waals surface area (Å²) < 4.78 is 62.5. The van der Waals surface area contributed by atoms with Crippen molar-refractivity contribution >= 4 is 26.8 Å². The number of ether oxygens (including phenoxy) is 2. The van der Waals surface area contributed by atoms with Crippen molar-refractivity contribution in [1.82, 2.24) is 18.3 Å². The van der Waals surface area contributed by atoms with Gasteiger partial charge >= 0.3 is 11.4 Å². The molecule has 5 heterocycles. The third-order valence-electron chi connectivity index (χ3n) is 12.5. The number of aliphatic hydroxyl groups excluding tert-OH is 2. The summed E-state index contributed by atoms with van der Waals surface area (Å²) in [5, 5.41) is 20.0. The van der Waals surface area contributed by atoms with Crippen LogP contribution in [0.15, 0.2) is 42.7 Å². The number of rotatable bonds is 12. The molecular formula is C37H61N5O13SSi2. The van der Waals surface area contributed by atoms with Crippen LogP contribution in [-0.2, 0) is 45.7 Å². The highest BCUT2D eigenvalue weighted by Crippen LogP contribution is 2.52. The largest absolute Gasteiger partial charge is 0.414 e. The maximum Gasteiger partial charge on any atom is 0.333 e. The molecule has 58 heavy (non-hydrogen) atoms. The van der Waals surface area contributed by atoms with E-state index in [4.69, 9.17) is 28.2 Å². The fraction of sp³-hybridized carbons (Fsp3) is 0.730. The zero-order valence-electron chi connectivity index (χ0n) is 35.6. The van der Waals surface area contributed by atoms with Gasteiger partial charge in [-0.3, -0.25) is 27.9 Å². The molecule has 21 heteroatoms. The number of nitrogens with two attached hydrogens (primary N) is 1. The van der Waals surface area contributed by atoms with Gasteiger partial charge in [0.15, 0.2) is 28.5 Å². The second-order valence-corrected chi connectivity index (χ2v) is 29.7. The van der Waals surface area contributed by atoms with Crippen LogP contribution < -0.4 is 28.2 Å². The van der Waals surface area contributed by atoms with E-state index in [1.807, 2.05) is 47.0 Å². The summed E-state index contributed by atoms with van der Waals surface area (Å²) in [4.78, 5) is 54.9. The molecule has 0 amide bonds. The summed E-state index contributed by atoms with van der Waals surface area (Å²) >= 11 is 0. The predicted molar refractivity (Wildman–Crippen MR) is 220 cm³/mol. The van der Waals surface area contributed by atoms with Crippen LogP contribution >= 0.6 is 0 Å². The van der Waals surface area contributed by atoms with Crippen LogP contribution in [0.3, 0.4) is 0 Å². The van der Waals surface area contributed by atoms with E-state index >= 15 is 0 Å². The molecule has 2 aromatic rings. The molecule has 5 rings (SSSR count). The lowest BCUT2D eigenvalue weighted by atomic mass is 9.89. The SMILES string of the molecule is Cc1cn([C@@H]2O[C@H](CO[Si](C)(C)C(C)(C)C)C3(OS(=O)(=O)C=C3N)[C@H]2O[Si](C)(C)C(C)(C)C)c(=O)n(CCCn2c(=O)c(C)cn([C@H]3C[C@H](O)[C@@H](CO)O3)c2=O)c1=O. The van der Waals surface area contributed by atoms with Gasteiger partial charge in [0.1, 0.15) is 24.5 Å². The molecule has 7 atom stereocenters. The van der Waals surface area contributed by atoms with E-state index in [-0.39, 0.29) is 54.4 Å². The predicted octanol–water partition coefficient (Wildman–Crippen LogP) is 1.89. The van der Waals surface area contributed by atoms with Gasteiger partial charge in [0.2, 0.25) is 0 Å². The standard InChI is InChI=1S/C37H61N5O13SSi2/c1-22-17-41(28-16-24(44)25(19-43)52-28)33(47)39(30(22)45)14-13-15-40-31(46)23(2)18-42(34(40)48)32-29(54-58(11,12)36(6,7)8)37(26(38)21-56(49,50)55-37)27(53-32)20-51-57(9,10)35(3,4)5/h17-18,21,24-25,27-29,32,43-44H,13-16,19-20,38H2,1-12H3/t24-,25+,27+,28+,29-,32+,37?/m0/s1. The van der Waals surface area contributed by atoms with Crippen LogP contribution in [0, 0.1) is 13.8 Å². The van der Waals surface area contributed by atoms with Crippen molar-refractivity contribution < 1.29 is 41.1 Å². The Morgan fingerprint density at radius 2 is 1.40 bits per heavy atom. The molecule has 1 spiro atoms. The second-order valence-electron chi connectivity index (χ2n) is 18.7. The third kappa shape index (κ3) is 8.35. The minimum absolute atomic E-state index is 0.00993. The maximum absolute atomic E-state index is 14.5. The molecule has 0 aliphatic carbocycles. The van der Waals surface area contributed by atoms with Gasteiger partial charge in [-0.15, -0.1) is 0 Å². The molecule has 0 saturated carbocycles. The monoisotopic (exact) mass is 871 g/mol. The summed E-state index contributed by atoms with van der Waals surface area (Å²) in [5.74, 6) is 0. The molecule has 2 fully saturated rings. The van der Waals surface area contributed by atoms with E-state index < -0.39 is 103 Å². The van der Waals surface area contributed by atoms with Crippen LogP contribution in [-0.4, -0.2) is 96.8 Å². The lowest BCUT2D eigenvalue weighted by Crippen LogP contribution is -2.59. The Kier molecular flexibility index (Phi) is 12.5. The van der Waals surface area contributed by atoms with Crippen molar-refractivity contribution in [3.8, 4) is 0 Å². The van der Waals surface area contributed by atoms with Crippen LogP contribution in [0.4, 0.5) is 0 Å². The number of aromatic nitrogens is 4. The van der Waals surface area contributed by atoms with Crippen molar-refractivity contribution in [2.24, 2.45) is 5.73 Å². The molecule has 0 bridgehead atoms. The topological polar surface area (TPSA) is 235 Å². The fourth-order valence-corrected chi connectivity index (χ4v) is 10.5. The van der Waals surface area contributed by atoms with Crippen molar-refractivity contribution in [2.75, 3.05) is 13.2 Å². The number of hydrogen-bond donors (Lipinski definition) is 3. The van der Waals surface area contributed by atoms with Crippen molar-refractivity contribution in [2.45, 2.75) is 160 Å². The first kappa shape index (κ1) is 46.1. The molecule has 0 radical (unpaired) electrons. The van der Waals surface area contributed by atoms with E-state index in [9.17, 15) is 37.8 Å². The van der Waals surface area contributed by atoms with Gasteiger partial charge in [0.25, 0.3) is 21.2 Å². The zero-order valence-corrected chi connectivity index (χ0v) is 38.4. The van der Waals surface area contributed by atoms with Gasteiger partial charge < -0.3 is 34.3 Å². The highest BCUT2D eigenvalue weighted by Gasteiger charge is 2.67. The molecule has 326 valence electrons. The maximum atomic E-state index is 14.5. The highest BCUT2D eigenvalue weighted by atomic mass is 32.2. The number of aryl methyl sites for hydroxylation is 2. The Morgan fingerprint density at radius 1 is 0.879 bits per heavy atom. The van der Waals surface area contributed by atoms with Crippen LogP contribution in [0.5, 0.6) is 0 Å². The molecule has 2 saturated heterocycles. The molecule has 1 unspecified atom stereocenters. The number of nitrogens with zero attached hydrogens (tertiary/aromatic N) is 4. The Morgan fingerprint density at radius 3 is 1.86 bits per heavy atom. The highest BCUT2D eigenvalue weighted by molar-refractivity contribution is 7.90. The normalized spacial score (nSPS) is 27.8. The van der Waals surface area contributed by atoms with E-state index in [1.54, 1.807) is 0 Å². The van der Waals surface area contributed by atoms with Crippen LogP contribution in [0.2, 0.25) is 36.3 Å². The molecule has 3 aliphatic heterocycles. The van der Waals surface area contributed by atoms with Gasteiger partial charge in [0.05, 0.1) is 30.4 Å². The first-order valence-electron chi connectivity index (χ1n) is 19.5. The van der Waals surface area contributed by atoms with Gasteiger partial charge in [-0.05, 0) is 56.5 Å². The van der Waals surface area contributed by atoms with Crippen molar-refractivity contribution in [1.29, 1.82) is 0 Å². The Bertz CT molecular complexity index is 2290. The van der Waals surface area contributed by atoms with E-state index in [1.165, 1.54) is 35.4 Å². The van der Waals surface area contributed by atoms with Gasteiger partial charge in [0, 0.05) is 43.0 Å². The number of hydrogen-bond acceptors (Lipinski definition) is 14. The first-order chi connectivity index (χ1) is 26.5. The molecular weight excluding hydrogens is 811 g/mol. The van der Waals surface area contributed by atoms with E-state index in [0.717, 1.165) is 14.5 Å². The third-order valence-corrected chi connectivity index (χ3v) is 22.5.